The molecular weight excluding hydrogens is 252 g/mol. The van der Waals surface area contributed by atoms with Crippen molar-refractivity contribution in [1.82, 2.24) is 15.1 Å². The van der Waals surface area contributed by atoms with Crippen molar-refractivity contribution in [3.8, 4) is 11.6 Å². The van der Waals surface area contributed by atoms with Crippen LogP contribution < -0.4 is 5.73 Å². The minimum Gasteiger partial charge on any atom is -0.370 e. The summed E-state index contributed by atoms with van der Waals surface area (Å²) in [5.41, 5.74) is 6.19. The Bertz CT molecular complexity index is 497. The molecule has 0 radical (unpaired) electrons. The Kier molecular flexibility index (Phi) is 4.40. The van der Waals surface area contributed by atoms with Crippen molar-refractivity contribution >= 4 is 11.3 Å². The van der Waals surface area contributed by atoms with Gasteiger partial charge in [0.15, 0.2) is 0 Å². The van der Waals surface area contributed by atoms with Crippen LogP contribution in [-0.2, 0) is 11.3 Å². The first kappa shape index (κ1) is 13.1. The molecule has 0 fully saturated rings. The molecule has 2 heterocycles. The maximum atomic E-state index is 5.53. The highest BCUT2D eigenvalue weighted by atomic mass is 32.1. The first-order chi connectivity index (χ1) is 8.78. The van der Waals surface area contributed by atoms with Crippen molar-refractivity contribution in [2.45, 2.75) is 32.9 Å². The molecular formula is C11H16N4O2S. The fourth-order valence-electron chi connectivity index (χ4n) is 1.55. The zero-order valence-electron chi connectivity index (χ0n) is 10.4. The second-order valence-electron chi connectivity index (χ2n) is 3.64. The highest BCUT2D eigenvalue weighted by Gasteiger charge is 2.18. The van der Waals surface area contributed by atoms with Gasteiger partial charge in [0.05, 0.1) is 0 Å². The van der Waals surface area contributed by atoms with Crippen molar-refractivity contribution in [2.75, 3.05) is 6.61 Å². The van der Waals surface area contributed by atoms with E-state index < -0.39 is 0 Å². The summed E-state index contributed by atoms with van der Waals surface area (Å²) in [6.07, 6.45) is 0.679. The maximum absolute atomic E-state index is 5.53. The minimum atomic E-state index is -0.125. The van der Waals surface area contributed by atoms with E-state index >= 15 is 0 Å². The summed E-state index contributed by atoms with van der Waals surface area (Å²) in [6.45, 7) is 5.00. The first-order valence-corrected chi connectivity index (χ1v) is 6.76. The lowest BCUT2D eigenvalue weighted by Crippen LogP contribution is -2.04. The molecule has 0 aliphatic carbocycles. The average molecular weight is 268 g/mol. The van der Waals surface area contributed by atoms with E-state index in [1.54, 1.807) is 0 Å². The van der Waals surface area contributed by atoms with Gasteiger partial charge in [0.25, 0.3) is 5.89 Å². The summed E-state index contributed by atoms with van der Waals surface area (Å²) < 4.78 is 10.7. The van der Waals surface area contributed by atoms with Crippen LogP contribution in [0.2, 0.25) is 0 Å². The van der Waals surface area contributed by atoms with Crippen molar-refractivity contribution in [3.05, 3.63) is 16.2 Å². The molecule has 18 heavy (non-hydrogen) atoms. The monoisotopic (exact) mass is 268 g/mol. The maximum Gasteiger partial charge on any atom is 0.277 e. The van der Waals surface area contributed by atoms with E-state index in [9.17, 15) is 0 Å². The summed E-state index contributed by atoms with van der Waals surface area (Å²) in [4.78, 5) is 8.62. The lowest BCUT2D eigenvalue weighted by Gasteiger charge is -2.09. The molecule has 6 nitrogen and oxygen atoms in total. The number of hydrogen-bond donors (Lipinski definition) is 1. The Morgan fingerprint density at radius 2 is 2.28 bits per heavy atom. The van der Waals surface area contributed by atoms with Gasteiger partial charge in [-0.2, -0.15) is 4.98 Å². The lowest BCUT2D eigenvalue weighted by molar-refractivity contribution is 0.0518. The van der Waals surface area contributed by atoms with Gasteiger partial charge in [0, 0.05) is 18.5 Å². The van der Waals surface area contributed by atoms with Crippen molar-refractivity contribution < 1.29 is 9.26 Å². The van der Waals surface area contributed by atoms with E-state index in [1.165, 1.54) is 11.3 Å². The molecule has 7 heteroatoms. The number of hydrogen-bond acceptors (Lipinski definition) is 7. The van der Waals surface area contributed by atoms with Crippen molar-refractivity contribution in [2.24, 2.45) is 5.73 Å². The Morgan fingerprint density at radius 3 is 2.89 bits per heavy atom. The molecule has 2 N–H and O–H groups in total. The molecule has 98 valence electrons. The van der Waals surface area contributed by atoms with Gasteiger partial charge in [-0.25, -0.2) is 4.98 Å². The number of ether oxygens (including phenoxy) is 1. The normalized spacial score (nSPS) is 12.8. The zero-order chi connectivity index (χ0) is 13.0. The number of aromatic nitrogens is 3. The molecule has 2 aromatic rings. The van der Waals surface area contributed by atoms with Gasteiger partial charge >= 0.3 is 0 Å². The standard InChI is InChI=1S/C11H16N4O2S/c1-3-8(16-4-2)10-14-11(17-15-10)7-6-18-9(5-12)13-7/h6,8H,3-5,12H2,1-2H3. The van der Waals surface area contributed by atoms with E-state index in [0.29, 0.717) is 30.6 Å². The summed E-state index contributed by atoms with van der Waals surface area (Å²) in [6, 6.07) is 0. The fourth-order valence-corrected chi connectivity index (χ4v) is 2.20. The summed E-state index contributed by atoms with van der Waals surface area (Å²) in [7, 11) is 0. The predicted octanol–water partition coefficient (Wildman–Crippen LogP) is 2.14. The Hall–Kier alpha value is -1.31. The topological polar surface area (TPSA) is 87.1 Å². The van der Waals surface area contributed by atoms with E-state index in [2.05, 4.69) is 15.1 Å². The summed E-state index contributed by atoms with van der Waals surface area (Å²) in [5, 5.41) is 6.65. The molecule has 0 aliphatic heterocycles. The van der Waals surface area contributed by atoms with E-state index in [4.69, 9.17) is 15.0 Å². The minimum absolute atomic E-state index is 0.125. The van der Waals surface area contributed by atoms with E-state index in [-0.39, 0.29) is 6.10 Å². The van der Waals surface area contributed by atoms with Gasteiger partial charge in [-0.1, -0.05) is 12.1 Å². The molecule has 2 rings (SSSR count). The van der Waals surface area contributed by atoms with Gasteiger partial charge in [0.1, 0.15) is 16.8 Å². The third kappa shape index (κ3) is 2.74. The molecule has 1 unspecified atom stereocenters. The quantitative estimate of drug-likeness (QED) is 0.863. The van der Waals surface area contributed by atoms with Gasteiger partial charge in [-0.15, -0.1) is 11.3 Å². The lowest BCUT2D eigenvalue weighted by atomic mass is 10.2. The SMILES string of the molecule is CCOC(CC)c1noc(-c2csc(CN)n2)n1. The van der Waals surface area contributed by atoms with Crippen LogP contribution in [0.4, 0.5) is 0 Å². The molecule has 0 saturated heterocycles. The highest BCUT2D eigenvalue weighted by Crippen LogP contribution is 2.23. The third-order valence-electron chi connectivity index (χ3n) is 2.41. The molecule has 0 saturated carbocycles. The Morgan fingerprint density at radius 1 is 1.44 bits per heavy atom. The second-order valence-corrected chi connectivity index (χ2v) is 4.58. The predicted molar refractivity (Wildman–Crippen MR) is 68.0 cm³/mol. The summed E-state index contributed by atoms with van der Waals surface area (Å²) >= 11 is 1.48. The van der Waals surface area contributed by atoms with Crippen LogP contribution in [0.1, 0.15) is 37.2 Å². The van der Waals surface area contributed by atoms with E-state index in [1.807, 2.05) is 19.2 Å². The molecule has 1 atom stereocenters. The van der Waals surface area contributed by atoms with Gasteiger partial charge in [-0.05, 0) is 13.3 Å². The number of nitrogens with zero attached hydrogens (tertiary/aromatic N) is 3. The number of thiazole rings is 1. The zero-order valence-corrected chi connectivity index (χ0v) is 11.2. The third-order valence-corrected chi connectivity index (χ3v) is 3.28. The molecule has 0 spiro atoms. The molecule has 0 bridgehead atoms. The molecule has 0 amide bonds. The van der Waals surface area contributed by atoms with Crippen LogP contribution in [-0.4, -0.2) is 21.7 Å². The van der Waals surface area contributed by atoms with E-state index in [0.717, 1.165) is 11.4 Å². The van der Waals surface area contributed by atoms with Gasteiger partial charge < -0.3 is 15.0 Å². The van der Waals surface area contributed by atoms with Gasteiger partial charge in [0.2, 0.25) is 5.82 Å². The van der Waals surface area contributed by atoms with Crippen LogP contribution in [0.5, 0.6) is 0 Å². The average Bonchev–Trinajstić information content (AvgIpc) is 3.03. The van der Waals surface area contributed by atoms with Crippen molar-refractivity contribution in [3.63, 3.8) is 0 Å². The number of rotatable bonds is 6. The highest BCUT2D eigenvalue weighted by molar-refractivity contribution is 7.09. The molecule has 0 aromatic carbocycles. The van der Waals surface area contributed by atoms with Crippen LogP contribution >= 0.6 is 11.3 Å². The number of nitrogens with two attached hydrogens (primary N) is 1. The van der Waals surface area contributed by atoms with Gasteiger partial charge in [-0.3, -0.25) is 0 Å². The first-order valence-electron chi connectivity index (χ1n) is 5.88. The molecule has 2 aromatic heterocycles. The van der Waals surface area contributed by atoms with Crippen LogP contribution in [0.25, 0.3) is 11.6 Å². The largest absolute Gasteiger partial charge is 0.370 e. The van der Waals surface area contributed by atoms with Crippen LogP contribution in [0, 0.1) is 0 Å². The Labute approximate surface area is 109 Å². The second kappa shape index (κ2) is 6.03. The van der Waals surface area contributed by atoms with Crippen LogP contribution in [0.3, 0.4) is 0 Å². The van der Waals surface area contributed by atoms with Crippen LogP contribution in [0.15, 0.2) is 9.90 Å². The Balaban J connectivity index is 2.18. The molecule has 0 aliphatic rings. The van der Waals surface area contributed by atoms with Crippen molar-refractivity contribution in [1.29, 1.82) is 0 Å². The fraction of sp³-hybridized carbons (Fsp3) is 0.545. The summed E-state index contributed by atoms with van der Waals surface area (Å²) in [5.74, 6) is 0.982. The smallest absolute Gasteiger partial charge is 0.277 e.